The van der Waals surface area contributed by atoms with Gasteiger partial charge in [-0.2, -0.15) is 0 Å². The summed E-state index contributed by atoms with van der Waals surface area (Å²) in [4.78, 5) is 4.07. The van der Waals surface area contributed by atoms with Gasteiger partial charge < -0.3 is 4.74 Å². The summed E-state index contributed by atoms with van der Waals surface area (Å²) in [5.74, 6) is 1.60. The van der Waals surface area contributed by atoms with E-state index >= 15 is 0 Å². The lowest BCUT2D eigenvalue weighted by molar-refractivity contribution is 0.0985. The summed E-state index contributed by atoms with van der Waals surface area (Å²) in [6.07, 6.45) is 7.82. The Hall–Kier alpha value is -0.570. The lowest BCUT2D eigenvalue weighted by Gasteiger charge is -2.31. The molecule has 1 heterocycles. The maximum absolute atomic E-state index is 5.81. The zero-order chi connectivity index (χ0) is 9.97. The van der Waals surface area contributed by atoms with E-state index in [-0.39, 0.29) is 0 Å². The Morgan fingerprint density at radius 1 is 1.50 bits per heavy atom. The first-order chi connectivity index (χ1) is 6.75. The van der Waals surface area contributed by atoms with E-state index in [0.29, 0.717) is 6.10 Å². The Morgan fingerprint density at radius 2 is 2.29 bits per heavy atom. The van der Waals surface area contributed by atoms with Crippen LogP contribution in [-0.2, 0) is 0 Å². The van der Waals surface area contributed by atoms with Crippen molar-refractivity contribution in [3.8, 4) is 5.75 Å². The monoisotopic (exact) mass is 255 g/mol. The molecule has 0 saturated heterocycles. The number of hydrogen-bond donors (Lipinski definition) is 0. The normalized spacial score (nSPS) is 18.7. The molecular weight excluding hydrogens is 242 g/mol. The molecule has 3 heteroatoms. The van der Waals surface area contributed by atoms with Crippen molar-refractivity contribution >= 4 is 15.9 Å². The van der Waals surface area contributed by atoms with Crippen LogP contribution in [0.15, 0.2) is 22.9 Å². The molecule has 76 valence electrons. The summed E-state index contributed by atoms with van der Waals surface area (Å²) >= 11 is 3.38. The van der Waals surface area contributed by atoms with Crippen LogP contribution in [0.25, 0.3) is 0 Å². The summed E-state index contributed by atoms with van der Waals surface area (Å²) in [7, 11) is 0. The van der Waals surface area contributed by atoms with Gasteiger partial charge in [0.1, 0.15) is 5.75 Å². The topological polar surface area (TPSA) is 22.1 Å². The zero-order valence-corrected chi connectivity index (χ0v) is 9.83. The number of hydrogen-bond acceptors (Lipinski definition) is 2. The highest BCUT2D eigenvalue weighted by Crippen LogP contribution is 2.31. The van der Waals surface area contributed by atoms with Gasteiger partial charge in [0, 0.05) is 10.7 Å². The molecule has 1 aliphatic rings. The van der Waals surface area contributed by atoms with E-state index in [1.807, 2.05) is 6.07 Å². The first-order valence-electron chi connectivity index (χ1n) is 5.03. The third kappa shape index (κ3) is 2.27. The summed E-state index contributed by atoms with van der Waals surface area (Å²) in [5, 5.41) is 0. The van der Waals surface area contributed by atoms with Gasteiger partial charge in [-0.15, -0.1) is 0 Å². The first kappa shape index (κ1) is 9.97. The van der Waals surface area contributed by atoms with Gasteiger partial charge in [0.2, 0.25) is 0 Å². The predicted octanol–water partition coefficient (Wildman–Crippen LogP) is 3.41. The molecule has 0 radical (unpaired) electrons. The lowest BCUT2D eigenvalue weighted by Crippen LogP contribution is -2.29. The number of aromatic nitrogens is 1. The van der Waals surface area contributed by atoms with E-state index in [9.17, 15) is 0 Å². The molecule has 0 spiro atoms. The zero-order valence-electron chi connectivity index (χ0n) is 8.24. The highest BCUT2D eigenvalue weighted by molar-refractivity contribution is 9.10. The first-order valence-corrected chi connectivity index (χ1v) is 5.82. The van der Waals surface area contributed by atoms with Crippen molar-refractivity contribution in [3.63, 3.8) is 0 Å². The fourth-order valence-corrected chi connectivity index (χ4v) is 2.02. The predicted molar refractivity (Wildman–Crippen MR) is 59.4 cm³/mol. The van der Waals surface area contributed by atoms with Crippen LogP contribution in [0.5, 0.6) is 5.75 Å². The van der Waals surface area contributed by atoms with Crippen molar-refractivity contribution in [3.05, 3.63) is 22.9 Å². The largest absolute Gasteiger partial charge is 0.489 e. The average molecular weight is 256 g/mol. The molecular formula is C11H14BrNO. The van der Waals surface area contributed by atoms with Gasteiger partial charge in [0.25, 0.3) is 0 Å². The van der Waals surface area contributed by atoms with Gasteiger partial charge in [-0.05, 0) is 47.7 Å². The molecule has 1 aliphatic carbocycles. The van der Waals surface area contributed by atoms with Crippen molar-refractivity contribution in [1.29, 1.82) is 0 Å². The number of pyridine rings is 1. The molecule has 0 bridgehead atoms. The van der Waals surface area contributed by atoms with E-state index in [1.54, 1.807) is 12.4 Å². The minimum Gasteiger partial charge on any atom is -0.489 e. The Bertz CT molecular complexity index is 312. The van der Waals surface area contributed by atoms with Crippen LogP contribution in [-0.4, -0.2) is 11.1 Å². The van der Waals surface area contributed by atoms with Crippen LogP contribution in [0.3, 0.4) is 0 Å². The van der Waals surface area contributed by atoms with Gasteiger partial charge in [-0.25, -0.2) is 0 Å². The number of rotatable bonds is 3. The molecule has 1 atom stereocenters. The van der Waals surface area contributed by atoms with Crippen LogP contribution in [0.2, 0.25) is 0 Å². The highest BCUT2D eigenvalue weighted by Gasteiger charge is 2.25. The van der Waals surface area contributed by atoms with Crippen molar-refractivity contribution < 1.29 is 4.74 Å². The van der Waals surface area contributed by atoms with Gasteiger partial charge in [0.15, 0.2) is 0 Å². The molecule has 2 rings (SSSR count). The van der Waals surface area contributed by atoms with E-state index in [1.165, 1.54) is 19.3 Å². The summed E-state index contributed by atoms with van der Waals surface area (Å²) in [6, 6.07) is 1.96. The molecule has 1 aromatic heterocycles. The van der Waals surface area contributed by atoms with Crippen LogP contribution in [0, 0.1) is 5.92 Å². The van der Waals surface area contributed by atoms with Crippen molar-refractivity contribution in [2.75, 3.05) is 0 Å². The summed E-state index contributed by atoms with van der Waals surface area (Å²) < 4.78 is 6.77. The fraction of sp³-hybridized carbons (Fsp3) is 0.545. The molecule has 1 saturated carbocycles. The van der Waals surface area contributed by atoms with Crippen LogP contribution in [0.1, 0.15) is 26.2 Å². The molecule has 0 aromatic carbocycles. The Labute approximate surface area is 92.8 Å². The molecule has 0 amide bonds. The molecule has 14 heavy (non-hydrogen) atoms. The van der Waals surface area contributed by atoms with Crippen LogP contribution in [0.4, 0.5) is 0 Å². The minimum atomic E-state index is 0.319. The van der Waals surface area contributed by atoms with Crippen molar-refractivity contribution in [1.82, 2.24) is 4.98 Å². The SMILES string of the molecule is C[C@H](Oc1cncc(Br)c1)C1CCC1. The second-order valence-electron chi connectivity index (χ2n) is 3.85. The molecule has 2 nitrogen and oxygen atoms in total. The Morgan fingerprint density at radius 3 is 2.86 bits per heavy atom. The summed E-state index contributed by atoms with van der Waals surface area (Å²) in [6.45, 7) is 2.14. The third-order valence-electron chi connectivity index (χ3n) is 2.82. The van der Waals surface area contributed by atoms with E-state index < -0.39 is 0 Å². The van der Waals surface area contributed by atoms with E-state index in [2.05, 4.69) is 27.8 Å². The van der Waals surface area contributed by atoms with Gasteiger partial charge in [0.05, 0.1) is 12.3 Å². The van der Waals surface area contributed by atoms with Crippen molar-refractivity contribution in [2.24, 2.45) is 5.92 Å². The molecule has 1 aromatic rings. The molecule has 1 fully saturated rings. The minimum absolute atomic E-state index is 0.319. The van der Waals surface area contributed by atoms with Gasteiger partial charge in [-0.1, -0.05) is 6.42 Å². The number of nitrogens with zero attached hydrogens (tertiary/aromatic N) is 1. The third-order valence-corrected chi connectivity index (χ3v) is 3.25. The fourth-order valence-electron chi connectivity index (χ4n) is 1.68. The Kier molecular flexibility index (Phi) is 3.06. The summed E-state index contributed by atoms with van der Waals surface area (Å²) in [5.41, 5.74) is 0. The number of halogens is 1. The molecule has 0 aliphatic heterocycles. The quantitative estimate of drug-likeness (QED) is 0.826. The lowest BCUT2D eigenvalue weighted by atomic mass is 9.82. The van der Waals surface area contributed by atoms with Gasteiger partial charge >= 0.3 is 0 Å². The molecule has 0 N–H and O–H groups in total. The standard InChI is InChI=1S/C11H14BrNO/c1-8(9-3-2-4-9)14-11-5-10(12)6-13-7-11/h5-9H,2-4H2,1H3/t8-/m0/s1. The van der Waals surface area contributed by atoms with Crippen LogP contribution >= 0.6 is 15.9 Å². The van der Waals surface area contributed by atoms with Crippen molar-refractivity contribution in [2.45, 2.75) is 32.3 Å². The second kappa shape index (κ2) is 4.30. The number of ether oxygens (including phenoxy) is 1. The molecule has 0 unspecified atom stereocenters. The maximum Gasteiger partial charge on any atom is 0.139 e. The second-order valence-corrected chi connectivity index (χ2v) is 4.77. The highest BCUT2D eigenvalue weighted by atomic mass is 79.9. The smallest absolute Gasteiger partial charge is 0.139 e. The van der Waals surface area contributed by atoms with Crippen LogP contribution < -0.4 is 4.74 Å². The van der Waals surface area contributed by atoms with E-state index in [0.717, 1.165) is 16.1 Å². The van der Waals surface area contributed by atoms with E-state index in [4.69, 9.17) is 4.74 Å². The Balaban J connectivity index is 1.95. The van der Waals surface area contributed by atoms with Gasteiger partial charge in [-0.3, -0.25) is 4.98 Å². The average Bonchev–Trinajstić information content (AvgIpc) is 1.99. The maximum atomic E-state index is 5.81.